The smallest absolute Gasteiger partial charge is 0.248 e. The largest absolute Gasteiger partial charge is 0.372 e. The summed E-state index contributed by atoms with van der Waals surface area (Å²) in [5.74, 6) is 0.194. The monoisotopic (exact) mass is 314 g/mol. The van der Waals surface area contributed by atoms with Gasteiger partial charge in [0.15, 0.2) is 0 Å². The Morgan fingerprint density at radius 2 is 2.00 bits per heavy atom. The maximum atomic E-state index is 11.9. The molecule has 2 aliphatic rings. The number of nitrogens with zero attached hydrogens (tertiary/aromatic N) is 2. The minimum atomic E-state index is -0.289. The third-order valence-corrected chi connectivity index (χ3v) is 4.34. The van der Waals surface area contributed by atoms with Gasteiger partial charge in [0.25, 0.3) is 0 Å². The van der Waals surface area contributed by atoms with Crippen LogP contribution in [-0.4, -0.2) is 87.4 Å². The molecule has 22 heavy (non-hydrogen) atoms. The Hall–Kier alpha value is -1.18. The van der Waals surface area contributed by atoms with Crippen LogP contribution in [0, 0.1) is 5.92 Å². The molecule has 1 atom stereocenters. The summed E-state index contributed by atoms with van der Waals surface area (Å²) in [6.07, 6.45) is 0.906. The average Bonchev–Trinajstić information content (AvgIpc) is 2.86. The quantitative estimate of drug-likeness (QED) is 0.648. The van der Waals surface area contributed by atoms with Crippen LogP contribution in [0.5, 0.6) is 0 Å². The second kappa shape index (κ2) is 7.39. The van der Waals surface area contributed by atoms with E-state index in [9.17, 15) is 9.59 Å². The molecule has 0 aliphatic carbocycles. The summed E-state index contributed by atoms with van der Waals surface area (Å²) in [6, 6.07) is 0. The molecule has 2 rings (SSSR count). The number of carbonyl (C=O) groups is 2. The second-order valence-electron chi connectivity index (χ2n) is 6.09. The molecule has 2 saturated heterocycles. The molecule has 1 spiro atoms. The molecule has 0 unspecified atom stereocenters. The van der Waals surface area contributed by atoms with Crippen LogP contribution in [0.1, 0.15) is 13.3 Å². The van der Waals surface area contributed by atoms with Gasteiger partial charge in [-0.3, -0.25) is 9.59 Å². The Bertz CT molecular complexity index is 407. The maximum absolute atomic E-state index is 11.9. The van der Waals surface area contributed by atoms with E-state index < -0.39 is 0 Å². The molecule has 0 saturated carbocycles. The van der Waals surface area contributed by atoms with Crippen LogP contribution in [0.4, 0.5) is 0 Å². The van der Waals surface area contributed by atoms with Gasteiger partial charge in [-0.25, -0.2) is 0 Å². The predicted octanol–water partition coefficient (Wildman–Crippen LogP) is -0.255. The Balaban J connectivity index is 1.75. The summed E-state index contributed by atoms with van der Waals surface area (Å²) in [5.41, 5.74) is -0.289. The van der Waals surface area contributed by atoms with Gasteiger partial charge in [-0.2, -0.15) is 0 Å². The van der Waals surface area contributed by atoms with Gasteiger partial charge in [-0.05, 0) is 13.3 Å². The zero-order chi connectivity index (χ0) is 16.2. The zero-order valence-electron chi connectivity index (χ0n) is 13.7. The standard InChI is InChI=1S/C15H26N2O5/c1-4-20-9-14(19)17-10-15(11-17)12(5-6-22-15)7-21-8-13(18)16(2)3/h12H,4-11H2,1-3H3/t12-/m0/s1. The Labute approximate surface area is 131 Å². The first-order valence-electron chi connectivity index (χ1n) is 7.76. The molecule has 0 radical (unpaired) electrons. The molecule has 7 heteroatoms. The number of amides is 2. The van der Waals surface area contributed by atoms with Gasteiger partial charge >= 0.3 is 0 Å². The highest BCUT2D eigenvalue weighted by atomic mass is 16.5. The van der Waals surface area contributed by atoms with Crippen LogP contribution in [0.15, 0.2) is 0 Å². The molecule has 0 aromatic carbocycles. The van der Waals surface area contributed by atoms with Crippen LogP contribution in [0.2, 0.25) is 0 Å². The van der Waals surface area contributed by atoms with E-state index >= 15 is 0 Å². The van der Waals surface area contributed by atoms with Crippen molar-refractivity contribution in [3.8, 4) is 0 Å². The fourth-order valence-electron chi connectivity index (χ4n) is 2.84. The van der Waals surface area contributed by atoms with Gasteiger partial charge in [-0.1, -0.05) is 0 Å². The summed E-state index contributed by atoms with van der Waals surface area (Å²) in [7, 11) is 3.42. The number of likely N-dealkylation sites (N-methyl/N-ethyl adjacent to an activating group) is 1. The lowest BCUT2D eigenvalue weighted by molar-refractivity contribution is -0.172. The van der Waals surface area contributed by atoms with Crippen molar-refractivity contribution in [1.82, 2.24) is 9.80 Å². The first-order chi connectivity index (χ1) is 10.5. The molecule has 0 aromatic rings. The molecule has 126 valence electrons. The van der Waals surface area contributed by atoms with E-state index in [1.165, 1.54) is 4.90 Å². The SMILES string of the molecule is CCOCC(=O)N1CC2(C1)OCC[C@H]2COCC(=O)N(C)C. The molecular formula is C15H26N2O5. The van der Waals surface area contributed by atoms with E-state index in [1.807, 2.05) is 6.92 Å². The van der Waals surface area contributed by atoms with Gasteiger partial charge in [0, 0.05) is 33.2 Å². The van der Waals surface area contributed by atoms with Gasteiger partial charge in [-0.15, -0.1) is 0 Å². The summed E-state index contributed by atoms with van der Waals surface area (Å²) in [6.45, 7) is 4.99. The van der Waals surface area contributed by atoms with Crippen LogP contribution in [0.25, 0.3) is 0 Å². The molecule has 2 aliphatic heterocycles. The number of ether oxygens (including phenoxy) is 3. The van der Waals surface area contributed by atoms with E-state index in [0.717, 1.165) is 6.42 Å². The van der Waals surface area contributed by atoms with E-state index in [2.05, 4.69) is 0 Å². The summed E-state index contributed by atoms with van der Waals surface area (Å²) in [4.78, 5) is 26.7. The van der Waals surface area contributed by atoms with Crippen LogP contribution in [0.3, 0.4) is 0 Å². The summed E-state index contributed by atoms with van der Waals surface area (Å²) in [5, 5.41) is 0. The van der Waals surface area contributed by atoms with Gasteiger partial charge in [0.1, 0.15) is 18.8 Å². The van der Waals surface area contributed by atoms with Gasteiger partial charge < -0.3 is 24.0 Å². The Morgan fingerprint density at radius 3 is 2.64 bits per heavy atom. The molecule has 0 aromatic heterocycles. The van der Waals surface area contributed by atoms with Crippen molar-refractivity contribution in [2.24, 2.45) is 5.92 Å². The number of hydrogen-bond acceptors (Lipinski definition) is 5. The summed E-state index contributed by atoms with van der Waals surface area (Å²) < 4.78 is 16.5. The lowest BCUT2D eigenvalue weighted by atomic mass is 9.81. The van der Waals surface area contributed by atoms with E-state index in [1.54, 1.807) is 19.0 Å². The van der Waals surface area contributed by atoms with Crippen molar-refractivity contribution in [2.45, 2.75) is 18.9 Å². The molecule has 2 heterocycles. The molecule has 0 N–H and O–H groups in total. The van der Waals surface area contributed by atoms with Crippen molar-refractivity contribution >= 4 is 11.8 Å². The van der Waals surface area contributed by atoms with Crippen LogP contribution in [-0.2, 0) is 23.8 Å². The van der Waals surface area contributed by atoms with Crippen molar-refractivity contribution < 1.29 is 23.8 Å². The molecule has 2 amide bonds. The van der Waals surface area contributed by atoms with E-state index in [0.29, 0.717) is 32.9 Å². The summed E-state index contributed by atoms with van der Waals surface area (Å²) >= 11 is 0. The van der Waals surface area contributed by atoms with Gasteiger partial charge in [0.2, 0.25) is 11.8 Å². The van der Waals surface area contributed by atoms with Crippen molar-refractivity contribution in [1.29, 1.82) is 0 Å². The fourth-order valence-corrected chi connectivity index (χ4v) is 2.84. The zero-order valence-corrected chi connectivity index (χ0v) is 13.7. The first-order valence-corrected chi connectivity index (χ1v) is 7.76. The average molecular weight is 314 g/mol. The third-order valence-electron chi connectivity index (χ3n) is 4.34. The van der Waals surface area contributed by atoms with E-state index in [-0.39, 0.29) is 36.5 Å². The molecule has 7 nitrogen and oxygen atoms in total. The third kappa shape index (κ3) is 3.77. The minimum absolute atomic E-state index is 0.00503. The molecule has 2 fully saturated rings. The second-order valence-corrected chi connectivity index (χ2v) is 6.09. The fraction of sp³-hybridized carbons (Fsp3) is 0.867. The highest BCUT2D eigenvalue weighted by Gasteiger charge is 2.54. The molecular weight excluding hydrogens is 288 g/mol. The number of hydrogen-bond donors (Lipinski definition) is 0. The lowest BCUT2D eigenvalue weighted by Crippen LogP contribution is -2.67. The topological polar surface area (TPSA) is 68.3 Å². The molecule has 0 bridgehead atoms. The normalized spacial score (nSPS) is 22.7. The van der Waals surface area contributed by atoms with Crippen molar-refractivity contribution in [3.05, 3.63) is 0 Å². The first kappa shape index (κ1) is 17.2. The Morgan fingerprint density at radius 1 is 1.27 bits per heavy atom. The van der Waals surface area contributed by atoms with Gasteiger partial charge in [0.05, 0.1) is 19.7 Å². The lowest BCUT2D eigenvalue weighted by Gasteiger charge is -2.50. The highest BCUT2D eigenvalue weighted by molar-refractivity contribution is 5.78. The maximum Gasteiger partial charge on any atom is 0.248 e. The number of likely N-dealkylation sites (tertiary alicyclic amines) is 1. The van der Waals surface area contributed by atoms with Crippen LogP contribution < -0.4 is 0 Å². The number of carbonyl (C=O) groups excluding carboxylic acids is 2. The Kier molecular flexibility index (Phi) is 5.77. The van der Waals surface area contributed by atoms with Crippen molar-refractivity contribution in [2.75, 3.05) is 60.2 Å². The minimum Gasteiger partial charge on any atom is -0.372 e. The van der Waals surface area contributed by atoms with Crippen molar-refractivity contribution in [3.63, 3.8) is 0 Å². The highest BCUT2D eigenvalue weighted by Crippen LogP contribution is 2.40. The number of rotatable bonds is 7. The predicted molar refractivity (Wildman–Crippen MR) is 79.4 cm³/mol. The van der Waals surface area contributed by atoms with Crippen LogP contribution >= 0.6 is 0 Å². The van der Waals surface area contributed by atoms with E-state index in [4.69, 9.17) is 14.2 Å².